The van der Waals surface area contributed by atoms with Crippen molar-refractivity contribution in [3.8, 4) is 0 Å². The van der Waals surface area contributed by atoms with E-state index in [0.717, 1.165) is 39.3 Å². The van der Waals surface area contributed by atoms with Crippen LogP contribution in [-0.2, 0) is 22.6 Å². The molecule has 0 amide bonds. The molecule has 0 spiro atoms. The summed E-state index contributed by atoms with van der Waals surface area (Å²) in [4.78, 5) is 2.68. The average Bonchev–Trinajstić information content (AvgIpc) is 2.76. The van der Waals surface area contributed by atoms with E-state index in [-0.39, 0.29) is 0 Å². The Bertz CT molecular complexity index is 312. The third-order valence-corrected chi connectivity index (χ3v) is 3.51. The van der Waals surface area contributed by atoms with Gasteiger partial charge in [-0.2, -0.15) is 0 Å². The summed E-state index contributed by atoms with van der Waals surface area (Å²) in [7, 11) is 1.72. The highest BCUT2D eigenvalue weighted by Crippen LogP contribution is 2.17. The molecule has 0 aliphatic carbocycles. The van der Waals surface area contributed by atoms with Crippen molar-refractivity contribution in [2.45, 2.75) is 33.4 Å². The molecule has 18 heavy (non-hydrogen) atoms. The van der Waals surface area contributed by atoms with Gasteiger partial charge in [-0.25, -0.2) is 0 Å². The Morgan fingerprint density at radius 2 is 2.00 bits per heavy atom. The molecule has 4 heteroatoms. The number of hydrogen-bond donors (Lipinski definition) is 1. The van der Waals surface area contributed by atoms with Gasteiger partial charge in [0.2, 0.25) is 0 Å². The van der Waals surface area contributed by atoms with Gasteiger partial charge in [0.1, 0.15) is 0 Å². The van der Waals surface area contributed by atoms with E-state index >= 15 is 0 Å². The van der Waals surface area contributed by atoms with Gasteiger partial charge in [0, 0.05) is 36.6 Å². The summed E-state index contributed by atoms with van der Waals surface area (Å²) in [5.41, 5.74) is 0. The van der Waals surface area contributed by atoms with Gasteiger partial charge in [0.05, 0.1) is 6.61 Å². The second kappa shape index (κ2) is 9.50. The van der Waals surface area contributed by atoms with Gasteiger partial charge in [-0.3, -0.25) is 0 Å². The van der Waals surface area contributed by atoms with Gasteiger partial charge in [-0.1, -0.05) is 13.8 Å². The predicted octanol–water partition coefficient (Wildman–Crippen LogP) is 3.05. The molecule has 0 radical (unpaired) electrons. The molecule has 0 aromatic carbocycles. The van der Waals surface area contributed by atoms with Crippen molar-refractivity contribution in [1.82, 2.24) is 5.32 Å². The van der Waals surface area contributed by atoms with Gasteiger partial charge in [-0.15, -0.1) is 11.3 Å². The zero-order valence-corrected chi connectivity index (χ0v) is 12.5. The Morgan fingerprint density at radius 3 is 2.72 bits per heavy atom. The largest absolute Gasteiger partial charge is 0.385 e. The highest BCUT2D eigenvalue weighted by atomic mass is 32.1. The lowest BCUT2D eigenvalue weighted by Crippen LogP contribution is -2.18. The Kier molecular flexibility index (Phi) is 8.25. The van der Waals surface area contributed by atoms with Gasteiger partial charge in [0.25, 0.3) is 0 Å². The first-order valence-electron chi connectivity index (χ1n) is 6.57. The summed E-state index contributed by atoms with van der Waals surface area (Å²) in [6.07, 6.45) is 0.963. The molecule has 0 aliphatic heterocycles. The van der Waals surface area contributed by atoms with Crippen molar-refractivity contribution in [2.75, 3.05) is 26.9 Å². The molecule has 1 aromatic rings. The zero-order valence-electron chi connectivity index (χ0n) is 11.7. The number of ether oxygens (including phenoxy) is 2. The lowest BCUT2D eigenvalue weighted by molar-refractivity contribution is 0.0943. The van der Waals surface area contributed by atoms with E-state index < -0.39 is 0 Å². The molecule has 1 heterocycles. The standard InChI is InChI=1S/C14H25NO2S/c1-12(2)9-15-10-13-5-6-14(18-13)11-17-8-4-7-16-3/h5-6,12,15H,4,7-11H2,1-3H3. The van der Waals surface area contributed by atoms with Crippen LogP contribution in [0.5, 0.6) is 0 Å². The number of thiophene rings is 1. The molecule has 0 unspecified atom stereocenters. The maximum Gasteiger partial charge on any atom is 0.0809 e. The smallest absolute Gasteiger partial charge is 0.0809 e. The molecule has 0 fully saturated rings. The van der Waals surface area contributed by atoms with Crippen LogP contribution in [0.15, 0.2) is 12.1 Å². The molecule has 1 rings (SSSR count). The minimum atomic E-state index is 0.702. The van der Waals surface area contributed by atoms with Crippen molar-refractivity contribution in [1.29, 1.82) is 0 Å². The fourth-order valence-corrected chi connectivity index (χ4v) is 2.48. The number of rotatable bonds is 10. The van der Waals surface area contributed by atoms with Crippen molar-refractivity contribution < 1.29 is 9.47 Å². The summed E-state index contributed by atoms with van der Waals surface area (Å²) < 4.78 is 10.6. The Morgan fingerprint density at radius 1 is 1.22 bits per heavy atom. The molecular formula is C14H25NO2S. The summed E-state index contributed by atoms with van der Waals surface area (Å²) in [6, 6.07) is 4.35. The van der Waals surface area contributed by atoms with Gasteiger partial charge in [-0.05, 0) is 31.0 Å². The Hall–Kier alpha value is -0.420. The molecule has 0 atom stereocenters. The quantitative estimate of drug-likeness (QED) is 0.664. The highest BCUT2D eigenvalue weighted by Gasteiger charge is 2.01. The van der Waals surface area contributed by atoms with Crippen LogP contribution in [0.4, 0.5) is 0 Å². The van der Waals surface area contributed by atoms with Crippen molar-refractivity contribution in [2.24, 2.45) is 5.92 Å². The van der Waals surface area contributed by atoms with E-state index in [2.05, 4.69) is 31.3 Å². The Balaban J connectivity index is 2.13. The van der Waals surface area contributed by atoms with Crippen LogP contribution in [0.3, 0.4) is 0 Å². The molecule has 1 aromatic heterocycles. The lowest BCUT2D eigenvalue weighted by Gasteiger charge is -2.05. The van der Waals surface area contributed by atoms with Crippen LogP contribution in [0.1, 0.15) is 30.0 Å². The van der Waals surface area contributed by atoms with Crippen LogP contribution in [0.2, 0.25) is 0 Å². The minimum Gasteiger partial charge on any atom is -0.385 e. The second-order valence-electron chi connectivity index (χ2n) is 4.79. The maximum absolute atomic E-state index is 5.59. The molecule has 3 nitrogen and oxygen atoms in total. The summed E-state index contributed by atoms with van der Waals surface area (Å²) in [6.45, 7) is 8.74. The van der Waals surface area contributed by atoms with E-state index in [1.54, 1.807) is 7.11 Å². The monoisotopic (exact) mass is 271 g/mol. The van der Waals surface area contributed by atoms with Gasteiger partial charge >= 0.3 is 0 Å². The van der Waals surface area contributed by atoms with Crippen LogP contribution < -0.4 is 5.32 Å². The van der Waals surface area contributed by atoms with Gasteiger partial charge < -0.3 is 14.8 Å². The third kappa shape index (κ3) is 7.11. The molecule has 104 valence electrons. The van der Waals surface area contributed by atoms with E-state index in [9.17, 15) is 0 Å². The first kappa shape index (κ1) is 15.6. The van der Waals surface area contributed by atoms with Crippen LogP contribution in [0.25, 0.3) is 0 Å². The molecule has 0 saturated heterocycles. The summed E-state index contributed by atoms with van der Waals surface area (Å²) in [5.74, 6) is 0.702. The minimum absolute atomic E-state index is 0.702. The van der Waals surface area contributed by atoms with E-state index in [1.165, 1.54) is 9.75 Å². The second-order valence-corrected chi connectivity index (χ2v) is 6.04. The normalized spacial score (nSPS) is 11.3. The number of hydrogen-bond acceptors (Lipinski definition) is 4. The van der Waals surface area contributed by atoms with E-state index in [0.29, 0.717) is 5.92 Å². The van der Waals surface area contributed by atoms with Crippen LogP contribution in [-0.4, -0.2) is 26.9 Å². The fraction of sp³-hybridized carbons (Fsp3) is 0.714. The van der Waals surface area contributed by atoms with E-state index in [4.69, 9.17) is 9.47 Å². The summed E-state index contributed by atoms with van der Waals surface area (Å²) in [5, 5.41) is 3.45. The Labute approximate surface area is 114 Å². The lowest BCUT2D eigenvalue weighted by atomic mass is 10.2. The SMILES string of the molecule is COCCCOCc1ccc(CNCC(C)C)s1. The van der Waals surface area contributed by atoms with Crippen molar-refractivity contribution in [3.05, 3.63) is 21.9 Å². The predicted molar refractivity (Wildman–Crippen MR) is 77.0 cm³/mol. The van der Waals surface area contributed by atoms with Crippen molar-refractivity contribution >= 4 is 11.3 Å². The van der Waals surface area contributed by atoms with Crippen LogP contribution in [0, 0.1) is 5.92 Å². The molecule has 0 saturated carbocycles. The molecule has 1 N–H and O–H groups in total. The van der Waals surface area contributed by atoms with Crippen LogP contribution >= 0.6 is 11.3 Å². The number of methoxy groups -OCH3 is 1. The summed E-state index contributed by atoms with van der Waals surface area (Å²) >= 11 is 1.83. The zero-order chi connectivity index (χ0) is 13.2. The van der Waals surface area contributed by atoms with E-state index in [1.807, 2.05) is 11.3 Å². The molecule has 0 aliphatic rings. The number of nitrogens with one attached hydrogen (secondary N) is 1. The molecular weight excluding hydrogens is 246 g/mol. The van der Waals surface area contributed by atoms with Gasteiger partial charge in [0.15, 0.2) is 0 Å². The third-order valence-electron chi connectivity index (χ3n) is 2.45. The first-order chi connectivity index (χ1) is 8.72. The topological polar surface area (TPSA) is 30.5 Å². The average molecular weight is 271 g/mol. The maximum atomic E-state index is 5.59. The fourth-order valence-electron chi connectivity index (χ4n) is 1.56. The molecule has 0 bridgehead atoms. The van der Waals surface area contributed by atoms with Crippen molar-refractivity contribution in [3.63, 3.8) is 0 Å². The first-order valence-corrected chi connectivity index (χ1v) is 7.39. The highest BCUT2D eigenvalue weighted by molar-refractivity contribution is 7.11.